The van der Waals surface area contributed by atoms with E-state index in [0.717, 1.165) is 28.9 Å². The summed E-state index contributed by atoms with van der Waals surface area (Å²) in [7, 11) is 0. The summed E-state index contributed by atoms with van der Waals surface area (Å²) in [5.74, 6) is 4.96. The summed E-state index contributed by atoms with van der Waals surface area (Å²) >= 11 is 0.992. The molecule has 3 aliphatic heterocycles. The highest BCUT2D eigenvalue weighted by atomic mass is 32.2. The van der Waals surface area contributed by atoms with Crippen LogP contribution in [0.2, 0.25) is 0 Å². The second-order valence-electron chi connectivity index (χ2n) is 12.0. The number of rotatable bonds is 9. The van der Waals surface area contributed by atoms with Gasteiger partial charge >= 0.3 is 6.09 Å². The van der Waals surface area contributed by atoms with Gasteiger partial charge in [0.15, 0.2) is 0 Å². The number of nitrogens with zero attached hydrogens (tertiary/aromatic N) is 4. The minimum absolute atomic E-state index is 0.00358. The van der Waals surface area contributed by atoms with Crippen LogP contribution in [-0.2, 0) is 23.6 Å². The number of carbonyl (C=O) groups excluding carboxylic acids is 3. The fourth-order valence-corrected chi connectivity index (χ4v) is 6.72. The third kappa shape index (κ3) is 5.77. The summed E-state index contributed by atoms with van der Waals surface area (Å²) in [5, 5.41) is 12.4. The van der Waals surface area contributed by atoms with E-state index in [1.807, 2.05) is 41.0 Å². The first-order chi connectivity index (χ1) is 19.0. The molecule has 7 atom stereocenters. The largest absolute Gasteiger partial charge is 0.444 e. The third-order valence-electron chi connectivity index (χ3n) is 8.18. The average molecular weight is 573 g/mol. The zero-order valence-electron chi connectivity index (χ0n) is 23.1. The van der Waals surface area contributed by atoms with Crippen LogP contribution in [-0.4, -0.2) is 81.5 Å². The van der Waals surface area contributed by atoms with Crippen LogP contribution in [0.5, 0.6) is 0 Å². The third-order valence-corrected chi connectivity index (χ3v) is 8.79. The van der Waals surface area contributed by atoms with Gasteiger partial charge in [-0.1, -0.05) is 12.1 Å². The van der Waals surface area contributed by atoms with Crippen molar-refractivity contribution in [3.8, 4) is 6.07 Å². The summed E-state index contributed by atoms with van der Waals surface area (Å²) in [5.41, 5.74) is 0.254. The molecule has 0 radical (unpaired) electrons. The Morgan fingerprint density at radius 3 is 2.58 bits per heavy atom. The van der Waals surface area contributed by atoms with Crippen LogP contribution in [0, 0.1) is 17.2 Å². The molecule has 13 heteroatoms. The van der Waals surface area contributed by atoms with Gasteiger partial charge < -0.3 is 19.9 Å². The first kappa shape index (κ1) is 28.6. The summed E-state index contributed by atoms with van der Waals surface area (Å²) < 4.78 is 10.1. The molecule has 1 aromatic carbocycles. The maximum atomic E-state index is 13.7. The van der Waals surface area contributed by atoms with Crippen LogP contribution in [0.1, 0.15) is 58.6 Å². The number of hydrogen-bond donors (Lipinski definition) is 2. The van der Waals surface area contributed by atoms with E-state index >= 15 is 0 Å². The van der Waals surface area contributed by atoms with Crippen molar-refractivity contribution in [2.45, 2.75) is 93.7 Å². The van der Waals surface area contributed by atoms with Gasteiger partial charge in [-0.05, 0) is 70.6 Å². The predicted molar refractivity (Wildman–Crippen MR) is 144 cm³/mol. The number of nitriles is 1. The van der Waals surface area contributed by atoms with Gasteiger partial charge in [-0.3, -0.25) is 14.5 Å². The lowest BCUT2D eigenvalue weighted by Gasteiger charge is -2.39. The SMILES string of the molecule is C[C@@H](c1ccc(SOON)cc1)N1C(=O)[C@@H]2C[C@H]1CN2C[C@H](NC(=O)OC(C)(C)C)C(=O)N1[C@H](C#N)C[C@@H]2C[C@@H]21. The van der Waals surface area contributed by atoms with Crippen LogP contribution < -0.4 is 11.2 Å². The zero-order valence-corrected chi connectivity index (χ0v) is 23.9. The first-order valence-electron chi connectivity index (χ1n) is 13.6. The summed E-state index contributed by atoms with van der Waals surface area (Å²) in [6.07, 6.45) is 1.51. The molecule has 3 heterocycles. The van der Waals surface area contributed by atoms with E-state index in [2.05, 4.69) is 20.7 Å². The molecular weight excluding hydrogens is 536 g/mol. The lowest BCUT2D eigenvalue weighted by Crippen LogP contribution is -2.59. The average Bonchev–Trinajstić information content (AvgIpc) is 3.22. The number of fused-ring (bicyclic) bond motifs is 3. The van der Waals surface area contributed by atoms with Crippen LogP contribution in [0.4, 0.5) is 4.79 Å². The van der Waals surface area contributed by atoms with Gasteiger partial charge in [0, 0.05) is 30.1 Å². The second kappa shape index (κ2) is 11.2. The van der Waals surface area contributed by atoms with Crippen molar-refractivity contribution in [2.75, 3.05) is 13.1 Å². The molecule has 216 valence electrons. The van der Waals surface area contributed by atoms with Gasteiger partial charge in [-0.15, -0.1) is 9.32 Å². The molecule has 0 unspecified atom stereocenters. The number of amides is 3. The number of alkyl carbamates (subject to hydrolysis) is 1. The number of carbonyl (C=O) groups is 3. The number of piperazine rings is 1. The fraction of sp³-hybridized carbons (Fsp3) is 0.630. The van der Waals surface area contributed by atoms with Crippen molar-refractivity contribution in [3.63, 3.8) is 0 Å². The van der Waals surface area contributed by atoms with Crippen molar-refractivity contribution in [1.82, 2.24) is 20.0 Å². The minimum atomic E-state index is -0.923. The van der Waals surface area contributed by atoms with E-state index in [1.54, 1.807) is 25.7 Å². The molecule has 4 aliphatic rings. The van der Waals surface area contributed by atoms with E-state index < -0.39 is 23.8 Å². The van der Waals surface area contributed by atoms with Crippen molar-refractivity contribution in [1.29, 1.82) is 5.26 Å². The molecule has 0 aromatic heterocycles. The Balaban J connectivity index is 1.27. The van der Waals surface area contributed by atoms with Gasteiger partial charge in [0.1, 0.15) is 17.7 Å². The van der Waals surface area contributed by atoms with E-state index in [-0.39, 0.29) is 42.5 Å². The fourth-order valence-electron chi connectivity index (χ4n) is 6.36. The number of nitrogens with two attached hydrogens (primary N) is 1. The molecule has 1 aromatic rings. The summed E-state index contributed by atoms with van der Waals surface area (Å²) in [4.78, 5) is 50.5. The Morgan fingerprint density at radius 2 is 1.95 bits per heavy atom. The molecule has 2 bridgehead atoms. The molecule has 40 heavy (non-hydrogen) atoms. The van der Waals surface area contributed by atoms with Gasteiger partial charge in [0.05, 0.1) is 30.2 Å². The Morgan fingerprint density at radius 1 is 1.23 bits per heavy atom. The number of ether oxygens (including phenoxy) is 1. The monoisotopic (exact) mass is 572 g/mol. The molecule has 3 amide bonds. The Labute approximate surface area is 238 Å². The van der Waals surface area contributed by atoms with Crippen LogP contribution in [0.3, 0.4) is 0 Å². The maximum absolute atomic E-state index is 13.7. The minimum Gasteiger partial charge on any atom is -0.444 e. The molecule has 1 aliphatic carbocycles. The van der Waals surface area contributed by atoms with Gasteiger partial charge in [-0.2, -0.15) is 11.2 Å². The highest BCUT2D eigenvalue weighted by Crippen LogP contribution is 2.48. The molecule has 12 nitrogen and oxygen atoms in total. The highest BCUT2D eigenvalue weighted by Gasteiger charge is 2.56. The van der Waals surface area contributed by atoms with Gasteiger partial charge in [0.2, 0.25) is 11.8 Å². The van der Waals surface area contributed by atoms with E-state index in [0.29, 0.717) is 25.3 Å². The molecule has 3 saturated heterocycles. The number of benzene rings is 1. The smallest absolute Gasteiger partial charge is 0.408 e. The quantitative estimate of drug-likeness (QED) is 0.256. The Kier molecular flexibility index (Phi) is 8.00. The zero-order chi connectivity index (χ0) is 28.8. The van der Waals surface area contributed by atoms with Crippen LogP contribution >= 0.6 is 12.0 Å². The van der Waals surface area contributed by atoms with E-state index in [1.165, 1.54) is 0 Å². The van der Waals surface area contributed by atoms with E-state index in [4.69, 9.17) is 10.6 Å². The van der Waals surface area contributed by atoms with Crippen molar-refractivity contribution in [3.05, 3.63) is 29.8 Å². The topological polar surface area (TPSA) is 150 Å². The number of nitrogens with one attached hydrogen (secondary N) is 1. The van der Waals surface area contributed by atoms with Crippen molar-refractivity contribution >= 4 is 30.0 Å². The van der Waals surface area contributed by atoms with Gasteiger partial charge in [-0.25, -0.2) is 4.79 Å². The van der Waals surface area contributed by atoms with Gasteiger partial charge in [0.25, 0.3) is 0 Å². The van der Waals surface area contributed by atoms with Crippen molar-refractivity contribution < 1.29 is 28.4 Å². The molecule has 4 fully saturated rings. The number of likely N-dealkylation sites (tertiary alicyclic amines) is 3. The summed E-state index contributed by atoms with van der Waals surface area (Å²) in [6, 6.07) is 7.96. The molecule has 0 spiro atoms. The van der Waals surface area contributed by atoms with Crippen LogP contribution in [0.25, 0.3) is 0 Å². The summed E-state index contributed by atoms with van der Waals surface area (Å²) in [6.45, 7) is 8.04. The highest BCUT2D eigenvalue weighted by molar-refractivity contribution is 7.94. The molecule has 1 saturated carbocycles. The maximum Gasteiger partial charge on any atom is 0.408 e. The van der Waals surface area contributed by atoms with Crippen LogP contribution in [0.15, 0.2) is 29.2 Å². The molecular formula is C27H36N6O6S. The van der Waals surface area contributed by atoms with E-state index in [9.17, 15) is 19.6 Å². The molecule has 5 rings (SSSR count). The van der Waals surface area contributed by atoms with Crippen molar-refractivity contribution in [2.24, 2.45) is 11.8 Å². The normalized spacial score (nSPS) is 28.7. The second-order valence-corrected chi connectivity index (χ2v) is 12.8. The standard InChI is InChI=1S/C27H36N6O6S/c1-15(16-5-7-20(8-6-16)40-39-38-29)32-19-11-23(25(32)35)31(13-19)14-21(30-26(36)37-27(2,3)4)24(34)33-18(12-28)9-17-10-22(17)33/h5-8,15,17-19,21-23H,9-11,13-14,29H2,1-4H3,(H,30,36)/t15-,17+,18-,19-,21-,22-,23-/m0/s1. The number of piperidine rings is 1. The Hall–Kier alpha value is -2.89. The number of hydrogen-bond acceptors (Lipinski definition) is 10. The lowest BCUT2D eigenvalue weighted by molar-refractivity contribution is -0.195. The lowest BCUT2D eigenvalue weighted by atomic mass is 10.1. The molecule has 3 N–H and O–H groups in total. The predicted octanol–water partition coefficient (Wildman–Crippen LogP) is 2.27. The first-order valence-corrected chi connectivity index (χ1v) is 14.3. The Bertz CT molecular complexity index is 1190.